The molecule has 0 bridgehead atoms. The lowest BCUT2D eigenvalue weighted by Crippen LogP contribution is -2.24. The molecule has 35 heavy (non-hydrogen) atoms. The molecule has 4 rings (SSSR count). The topological polar surface area (TPSA) is 59.9 Å². The van der Waals surface area contributed by atoms with Gasteiger partial charge in [-0.15, -0.1) is 23.5 Å². The Kier molecular flexibility index (Phi) is 9.53. The summed E-state index contributed by atoms with van der Waals surface area (Å²) in [5.74, 6) is 2.91. The Morgan fingerprint density at radius 1 is 1.06 bits per heavy atom. The molecule has 0 atom stereocenters. The van der Waals surface area contributed by atoms with Gasteiger partial charge in [0.25, 0.3) is 5.91 Å². The molecule has 182 valence electrons. The van der Waals surface area contributed by atoms with Crippen LogP contribution in [0.3, 0.4) is 0 Å². The molecule has 1 saturated heterocycles. The SMILES string of the molecule is O=C(COc1ccc(C2SCCS2)cc1)N/N=C\c1cc(Br)c(OCc2cccc(F)c2)c(Br)c1. The lowest BCUT2D eigenvalue weighted by molar-refractivity contribution is -0.123. The summed E-state index contributed by atoms with van der Waals surface area (Å²) in [6.07, 6.45) is 1.52. The summed E-state index contributed by atoms with van der Waals surface area (Å²) in [6, 6.07) is 17.7. The first-order chi connectivity index (χ1) is 17.0. The van der Waals surface area contributed by atoms with Crippen LogP contribution in [0.2, 0.25) is 0 Å². The van der Waals surface area contributed by atoms with Crippen molar-refractivity contribution in [2.24, 2.45) is 5.10 Å². The van der Waals surface area contributed by atoms with Crippen molar-refractivity contribution in [2.45, 2.75) is 11.2 Å². The van der Waals surface area contributed by atoms with Crippen molar-refractivity contribution in [2.75, 3.05) is 18.1 Å². The van der Waals surface area contributed by atoms with Crippen LogP contribution in [0, 0.1) is 5.82 Å². The molecule has 0 aromatic heterocycles. The van der Waals surface area contributed by atoms with Crippen molar-refractivity contribution < 1.29 is 18.7 Å². The van der Waals surface area contributed by atoms with Crippen LogP contribution >= 0.6 is 55.4 Å². The quantitative estimate of drug-likeness (QED) is 0.203. The number of hydrogen-bond acceptors (Lipinski definition) is 6. The number of carbonyl (C=O) groups excluding carboxylic acids is 1. The van der Waals surface area contributed by atoms with E-state index in [9.17, 15) is 9.18 Å². The van der Waals surface area contributed by atoms with Gasteiger partial charge in [0.2, 0.25) is 0 Å². The molecule has 0 spiro atoms. The first-order valence-electron chi connectivity index (χ1n) is 10.6. The number of halogens is 3. The number of hydrogen-bond donors (Lipinski definition) is 1. The van der Waals surface area contributed by atoms with E-state index in [1.807, 2.05) is 47.8 Å². The van der Waals surface area contributed by atoms with Crippen LogP contribution in [-0.4, -0.2) is 30.2 Å². The third kappa shape index (κ3) is 7.73. The Hall–Kier alpha value is -2.01. The molecule has 0 saturated carbocycles. The summed E-state index contributed by atoms with van der Waals surface area (Å²) >= 11 is 10.9. The van der Waals surface area contributed by atoms with Crippen LogP contribution in [-0.2, 0) is 11.4 Å². The first kappa shape index (κ1) is 26.1. The maximum absolute atomic E-state index is 13.4. The van der Waals surface area contributed by atoms with E-state index in [1.165, 1.54) is 35.4 Å². The summed E-state index contributed by atoms with van der Waals surface area (Å²) < 4.78 is 26.6. The van der Waals surface area contributed by atoms with Gasteiger partial charge in [0, 0.05) is 11.5 Å². The average molecular weight is 640 g/mol. The van der Waals surface area contributed by atoms with Gasteiger partial charge in [0.05, 0.1) is 19.7 Å². The molecular weight excluding hydrogens is 619 g/mol. The Morgan fingerprint density at radius 2 is 1.77 bits per heavy atom. The van der Waals surface area contributed by atoms with E-state index >= 15 is 0 Å². The van der Waals surface area contributed by atoms with Crippen LogP contribution in [0.1, 0.15) is 21.3 Å². The Morgan fingerprint density at radius 3 is 2.46 bits per heavy atom. The zero-order valence-electron chi connectivity index (χ0n) is 18.4. The van der Waals surface area contributed by atoms with Gasteiger partial charge in [-0.3, -0.25) is 4.79 Å². The number of rotatable bonds is 9. The Balaban J connectivity index is 1.25. The molecule has 5 nitrogen and oxygen atoms in total. The second-order valence-corrected chi connectivity index (χ2v) is 11.9. The summed E-state index contributed by atoms with van der Waals surface area (Å²) in [4.78, 5) is 12.1. The van der Waals surface area contributed by atoms with E-state index in [0.717, 1.165) is 11.1 Å². The number of ether oxygens (including phenoxy) is 2. The van der Waals surface area contributed by atoms with Gasteiger partial charge in [0.15, 0.2) is 6.61 Å². The molecule has 0 radical (unpaired) electrons. The lowest BCUT2D eigenvalue weighted by Gasteiger charge is -2.11. The second kappa shape index (κ2) is 12.8. The highest BCUT2D eigenvalue weighted by atomic mass is 79.9. The van der Waals surface area contributed by atoms with Gasteiger partial charge in [0.1, 0.15) is 23.9 Å². The molecule has 1 N–H and O–H groups in total. The van der Waals surface area contributed by atoms with Gasteiger partial charge in [-0.05, 0) is 84.9 Å². The zero-order chi connectivity index (χ0) is 24.6. The first-order valence-corrected chi connectivity index (χ1v) is 14.3. The molecule has 0 aliphatic carbocycles. The van der Waals surface area contributed by atoms with Crippen LogP contribution in [0.15, 0.2) is 74.7 Å². The molecule has 10 heteroatoms. The highest BCUT2D eigenvalue weighted by Gasteiger charge is 2.18. The minimum Gasteiger partial charge on any atom is -0.487 e. The molecule has 0 unspecified atom stereocenters. The molecule has 1 heterocycles. The van der Waals surface area contributed by atoms with Gasteiger partial charge >= 0.3 is 0 Å². The van der Waals surface area contributed by atoms with Crippen molar-refractivity contribution in [1.29, 1.82) is 0 Å². The van der Waals surface area contributed by atoms with E-state index in [-0.39, 0.29) is 24.9 Å². The summed E-state index contributed by atoms with van der Waals surface area (Å²) in [5.41, 5.74) is 5.19. The number of nitrogens with zero attached hydrogens (tertiary/aromatic N) is 1. The van der Waals surface area contributed by atoms with Crippen LogP contribution in [0.25, 0.3) is 0 Å². The van der Waals surface area contributed by atoms with Crippen molar-refractivity contribution in [1.82, 2.24) is 5.43 Å². The summed E-state index contributed by atoms with van der Waals surface area (Å²) in [6.45, 7) is 0.0869. The molecule has 1 fully saturated rings. The van der Waals surface area contributed by atoms with Gasteiger partial charge in [-0.1, -0.05) is 24.3 Å². The number of hydrazone groups is 1. The largest absolute Gasteiger partial charge is 0.487 e. The molecular formula is C25H21Br2FN2O3S2. The van der Waals surface area contributed by atoms with E-state index in [0.29, 0.717) is 25.0 Å². The van der Waals surface area contributed by atoms with E-state index in [4.69, 9.17) is 9.47 Å². The smallest absolute Gasteiger partial charge is 0.277 e. The van der Waals surface area contributed by atoms with Crippen molar-refractivity contribution in [3.05, 3.63) is 92.1 Å². The number of carbonyl (C=O) groups is 1. The number of thioether (sulfide) groups is 2. The van der Waals surface area contributed by atoms with Crippen molar-refractivity contribution >= 4 is 67.5 Å². The maximum atomic E-state index is 13.4. The normalized spacial score (nSPS) is 13.8. The van der Waals surface area contributed by atoms with Gasteiger partial charge in [-0.2, -0.15) is 5.10 Å². The number of amides is 1. The third-order valence-electron chi connectivity index (χ3n) is 4.84. The standard InChI is InChI=1S/C25H21Br2FN2O3S2/c26-21-11-17(12-22(27)24(21)33-14-16-2-1-3-19(28)10-16)13-29-30-23(31)15-32-20-6-4-18(5-7-20)25-34-8-9-35-25/h1-7,10-13,25H,8-9,14-15H2,(H,30,31)/b29-13-. The van der Waals surface area contributed by atoms with E-state index < -0.39 is 0 Å². The number of nitrogens with one attached hydrogen (secondary N) is 1. The predicted molar refractivity (Wildman–Crippen MR) is 148 cm³/mol. The average Bonchev–Trinajstić information content (AvgIpc) is 3.38. The predicted octanol–water partition coefficient (Wildman–Crippen LogP) is 6.94. The van der Waals surface area contributed by atoms with E-state index in [2.05, 4.69) is 42.4 Å². The van der Waals surface area contributed by atoms with Gasteiger partial charge in [-0.25, -0.2) is 9.82 Å². The fourth-order valence-corrected chi connectivity index (χ4v) is 7.52. The van der Waals surface area contributed by atoms with Crippen LogP contribution in [0.4, 0.5) is 4.39 Å². The van der Waals surface area contributed by atoms with Crippen molar-refractivity contribution in [3.8, 4) is 11.5 Å². The van der Waals surface area contributed by atoms with Gasteiger partial charge < -0.3 is 9.47 Å². The highest BCUT2D eigenvalue weighted by molar-refractivity contribution is 9.11. The summed E-state index contributed by atoms with van der Waals surface area (Å²) in [7, 11) is 0. The molecule has 3 aromatic carbocycles. The van der Waals surface area contributed by atoms with Crippen molar-refractivity contribution in [3.63, 3.8) is 0 Å². The zero-order valence-corrected chi connectivity index (χ0v) is 23.2. The minimum atomic E-state index is -0.361. The Labute approximate surface area is 228 Å². The van der Waals surface area contributed by atoms with Crippen LogP contribution in [0.5, 0.6) is 11.5 Å². The molecule has 3 aromatic rings. The monoisotopic (exact) mass is 638 g/mol. The lowest BCUT2D eigenvalue weighted by atomic mass is 10.2. The third-order valence-corrected chi connectivity index (χ3v) is 9.12. The Bertz CT molecular complexity index is 1180. The van der Waals surface area contributed by atoms with E-state index in [1.54, 1.807) is 24.3 Å². The second-order valence-electron chi connectivity index (χ2n) is 7.46. The number of benzene rings is 3. The fraction of sp³-hybridized carbons (Fsp3) is 0.200. The minimum absolute atomic E-state index is 0.135. The van der Waals surface area contributed by atoms with Crippen LogP contribution < -0.4 is 14.9 Å². The molecule has 1 aliphatic rings. The molecule has 1 aliphatic heterocycles. The fourth-order valence-electron chi connectivity index (χ4n) is 3.21. The summed E-state index contributed by atoms with van der Waals surface area (Å²) in [5, 5.41) is 4.00. The maximum Gasteiger partial charge on any atom is 0.277 e. The highest BCUT2D eigenvalue weighted by Crippen LogP contribution is 2.45. The molecule has 1 amide bonds.